The lowest BCUT2D eigenvalue weighted by atomic mass is 10.1. The summed E-state index contributed by atoms with van der Waals surface area (Å²) in [6.45, 7) is 10.4. The molecule has 2 N–H and O–H groups in total. The lowest BCUT2D eigenvalue weighted by Gasteiger charge is -2.20. The molecule has 0 fully saturated rings. The molecular weight excluding hydrogens is 300 g/mol. The van der Waals surface area contributed by atoms with Gasteiger partial charge in [-0.25, -0.2) is 0 Å². The van der Waals surface area contributed by atoms with Gasteiger partial charge in [-0.3, -0.25) is 4.99 Å². The second kappa shape index (κ2) is 10.2. The van der Waals surface area contributed by atoms with Crippen molar-refractivity contribution < 1.29 is 4.74 Å². The lowest BCUT2D eigenvalue weighted by molar-refractivity contribution is 0.293. The van der Waals surface area contributed by atoms with Crippen LogP contribution in [-0.4, -0.2) is 57.2 Å². The Kier molecular flexibility index (Phi) is 7.89. The fourth-order valence-electron chi connectivity index (χ4n) is 3.02. The second-order valence-corrected chi connectivity index (χ2v) is 6.15. The number of fused-ring (bicyclic) bond motifs is 1. The third-order valence-electron chi connectivity index (χ3n) is 4.39. The fourth-order valence-corrected chi connectivity index (χ4v) is 3.02. The predicted octanol–water partition coefficient (Wildman–Crippen LogP) is 2.06. The van der Waals surface area contributed by atoms with Crippen LogP contribution in [0.5, 0.6) is 5.75 Å². The van der Waals surface area contributed by atoms with Crippen molar-refractivity contribution >= 4 is 5.96 Å². The molecule has 1 aliphatic rings. The molecule has 0 radical (unpaired) electrons. The van der Waals surface area contributed by atoms with Crippen LogP contribution in [0.4, 0.5) is 0 Å². The number of guanidine groups is 1. The van der Waals surface area contributed by atoms with Crippen LogP contribution in [0.25, 0.3) is 0 Å². The molecule has 24 heavy (non-hydrogen) atoms. The molecule has 134 valence electrons. The van der Waals surface area contributed by atoms with Gasteiger partial charge in [0.25, 0.3) is 0 Å². The van der Waals surface area contributed by atoms with Crippen molar-refractivity contribution in [1.29, 1.82) is 0 Å². The van der Waals surface area contributed by atoms with E-state index in [1.165, 1.54) is 17.5 Å². The van der Waals surface area contributed by atoms with Crippen LogP contribution in [-0.2, 0) is 12.8 Å². The Morgan fingerprint density at radius 1 is 1.21 bits per heavy atom. The average Bonchev–Trinajstić information content (AvgIpc) is 3.07. The Morgan fingerprint density at radius 2 is 2.04 bits per heavy atom. The van der Waals surface area contributed by atoms with E-state index in [1.54, 1.807) is 0 Å². The first-order valence-corrected chi connectivity index (χ1v) is 9.18. The molecule has 5 nitrogen and oxygen atoms in total. The SMILES string of the molecule is CCCN(CC)CCNC(=NC)NCCc1ccc2c(c1)CCO2. The van der Waals surface area contributed by atoms with Gasteiger partial charge in [0.1, 0.15) is 5.75 Å². The third-order valence-corrected chi connectivity index (χ3v) is 4.39. The molecule has 0 saturated carbocycles. The molecule has 1 aliphatic heterocycles. The van der Waals surface area contributed by atoms with E-state index in [2.05, 4.69) is 52.6 Å². The fraction of sp³-hybridized carbons (Fsp3) is 0.632. The number of likely N-dealkylation sites (N-methyl/N-ethyl adjacent to an activating group) is 1. The Morgan fingerprint density at radius 3 is 2.79 bits per heavy atom. The van der Waals surface area contributed by atoms with Gasteiger partial charge in [0, 0.05) is 33.1 Å². The van der Waals surface area contributed by atoms with Gasteiger partial charge in [0.15, 0.2) is 5.96 Å². The van der Waals surface area contributed by atoms with E-state index in [-0.39, 0.29) is 0 Å². The maximum atomic E-state index is 5.55. The molecule has 0 atom stereocenters. The highest BCUT2D eigenvalue weighted by molar-refractivity contribution is 5.79. The van der Waals surface area contributed by atoms with Crippen molar-refractivity contribution in [1.82, 2.24) is 15.5 Å². The summed E-state index contributed by atoms with van der Waals surface area (Å²) in [6, 6.07) is 6.52. The maximum Gasteiger partial charge on any atom is 0.191 e. The monoisotopic (exact) mass is 332 g/mol. The quantitative estimate of drug-likeness (QED) is 0.537. The van der Waals surface area contributed by atoms with Gasteiger partial charge < -0.3 is 20.3 Å². The van der Waals surface area contributed by atoms with Crippen LogP contribution in [0.2, 0.25) is 0 Å². The molecule has 0 aromatic heterocycles. The number of benzene rings is 1. The largest absolute Gasteiger partial charge is 0.493 e. The first kappa shape index (κ1) is 18.6. The number of hydrogen-bond donors (Lipinski definition) is 2. The summed E-state index contributed by atoms with van der Waals surface area (Å²) in [5, 5.41) is 6.80. The average molecular weight is 332 g/mol. The highest BCUT2D eigenvalue weighted by Crippen LogP contribution is 2.25. The van der Waals surface area contributed by atoms with Crippen LogP contribution in [0.3, 0.4) is 0 Å². The van der Waals surface area contributed by atoms with E-state index in [0.717, 1.165) is 63.9 Å². The van der Waals surface area contributed by atoms with Crippen LogP contribution >= 0.6 is 0 Å². The molecular formula is C19H32N4O. The van der Waals surface area contributed by atoms with E-state index >= 15 is 0 Å². The second-order valence-electron chi connectivity index (χ2n) is 6.15. The summed E-state index contributed by atoms with van der Waals surface area (Å²) in [4.78, 5) is 6.75. The molecule has 0 amide bonds. The molecule has 5 heteroatoms. The highest BCUT2D eigenvalue weighted by atomic mass is 16.5. The summed E-state index contributed by atoms with van der Waals surface area (Å²) in [6.07, 6.45) is 3.23. The molecule has 2 rings (SSSR count). The van der Waals surface area contributed by atoms with Gasteiger partial charge in [-0.1, -0.05) is 26.0 Å². The van der Waals surface area contributed by atoms with Crippen molar-refractivity contribution in [3.8, 4) is 5.75 Å². The van der Waals surface area contributed by atoms with E-state index in [1.807, 2.05) is 7.05 Å². The van der Waals surface area contributed by atoms with Crippen LogP contribution in [0.15, 0.2) is 23.2 Å². The van der Waals surface area contributed by atoms with Gasteiger partial charge in [0.05, 0.1) is 6.61 Å². The van der Waals surface area contributed by atoms with Crippen molar-refractivity contribution in [2.45, 2.75) is 33.1 Å². The molecule has 1 heterocycles. The normalized spacial score (nSPS) is 13.8. The summed E-state index contributed by atoms with van der Waals surface area (Å²) in [5.74, 6) is 1.93. The van der Waals surface area contributed by atoms with Gasteiger partial charge in [-0.2, -0.15) is 0 Å². The molecule has 0 unspecified atom stereocenters. The minimum Gasteiger partial charge on any atom is -0.493 e. The van der Waals surface area contributed by atoms with Crippen LogP contribution in [0.1, 0.15) is 31.4 Å². The number of nitrogens with one attached hydrogen (secondary N) is 2. The van der Waals surface area contributed by atoms with Crippen molar-refractivity contribution in [3.05, 3.63) is 29.3 Å². The Bertz CT molecular complexity index is 530. The van der Waals surface area contributed by atoms with Gasteiger partial charge in [-0.05, 0) is 43.1 Å². The lowest BCUT2D eigenvalue weighted by Crippen LogP contribution is -2.42. The van der Waals surface area contributed by atoms with Crippen molar-refractivity contribution in [2.75, 3.05) is 46.4 Å². The first-order valence-electron chi connectivity index (χ1n) is 9.18. The third kappa shape index (κ3) is 5.71. The van der Waals surface area contributed by atoms with Crippen LogP contribution < -0.4 is 15.4 Å². The number of ether oxygens (including phenoxy) is 1. The highest BCUT2D eigenvalue weighted by Gasteiger charge is 2.11. The summed E-state index contributed by atoms with van der Waals surface area (Å²) in [7, 11) is 1.83. The standard InChI is InChI=1S/C19H32N4O/c1-4-12-23(5-2)13-11-22-19(20-3)21-10-8-16-6-7-18-17(15-16)9-14-24-18/h6-7,15H,4-5,8-14H2,1-3H3,(H2,20,21,22). The zero-order valence-electron chi connectivity index (χ0n) is 15.4. The first-order chi connectivity index (χ1) is 11.8. The Balaban J connectivity index is 1.68. The summed E-state index contributed by atoms with van der Waals surface area (Å²) < 4.78 is 5.55. The van der Waals surface area contributed by atoms with Gasteiger partial charge in [0.2, 0.25) is 0 Å². The van der Waals surface area contributed by atoms with Crippen molar-refractivity contribution in [2.24, 2.45) is 4.99 Å². The van der Waals surface area contributed by atoms with E-state index < -0.39 is 0 Å². The number of rotatable bonds is 9. The van der Waals surface area contributed by atoms with Crippen LogP contribution in [0, 0.1) is 0 Å². The number of nitrogens with zero attached hydrogens (tertiary/aromatic N) is 2. The van der Waals surface area contributed by atoms with E-state index in [9.17, 15) is 0 Å². The topological polar surface area (TPSA) is 48.9 Å². The van der Waals surface area contributed by atoms with Crippen molar-refractivity contribution in [3.63, 3.8) is 0 Å². The summed E-state index contributed by atoms with van der Waals surface area (Å²) >= 11 is 0. The van der Waals surface area contributed by atoms with E-state index in [0.29, 0.717) is 0 Å². The Hall–Kier alpha value is -1.75. The number of hydrogen-bond acceptors (Lipinski definition) is 3. The van der Waals surface area contributed by atoms with E-state index in [4.69, 9.17) is 4.74 Å². The minimum atomic E-state index is 0.820. The summed E-state index contributed by atoms with van der Waals surface area (Å²) in [5.41, 5.74) is 2.69. The molecule has 0 aliphatic carbocycles. The van der Waals surface area contributed by atoms with Gasteiger partial charge in [-0.15, -0.1) is 0 Å². The number of aliphatic imine (C=N–C) groups is 1. The minimum absolute atomic E-state index is 0.820. The molecule has 1 aromatic carbocycles. The molecule has 0 spiro atoms. The zero-order chi connectivity index (χ0) is 17.2. The molecule has 0 bridgehead atoms. The molecule has 0 saturated heterocycles. The maximum absolute atomic E-state index is 5.55. The predicted molar refractivity (Wildman–Crippen MR) is 101 cm³/mol. The molecule has 1 aromatic rings. The smallest absolute Gasteiger partial charge is 0.191 e. The zero-order valence-corrected chi connectivity index (χ0v) is 15.4. The Labute approximate surface area is 146 Å². The van der Waals surface area contributed by atoms with Gasteiger partial charge >= 0.3 is 0 Å².